The monoisotopic (exact) mass is 425 g/mol. The molecule has 2 aliphatic rings. The fourth-order valence-corrected chi connectivity index (χ4v) is 4.31. The summed E-state index contributed by atoms with van der Waals surface area (Å²) in [7, 11) is 0. The summed E-state index contributed by atoms with van der Waals surface area (Å²) in [5, 5.41) is 0. The van der Waals surface area contributed by atoms with Crippen LogP contribution in [0.2, 0.25) is 0 Å². The number of halogens is 2. The van der Waals surface area contributed by atoms with Crippen LogP contribution in [-0.2, 0) is 9.59 Å². The number of carbonyl (C=O) groups excluding carboxylic acids is 2. The summed E-state index contributed by atoms with van der Waals surface area (Å²) >= 11 is 0. The molecule has 2 aromatic carbocycles. The maximum atomic E-state index is 14.5. The zero-order chi connectivity index (χ0) is 22.3. The molecule has 0 unspecified atom stereocenters. The van der Waals surface area contributed by atoms with E-state index in [-0.39, 0.29) is 17.0 Å². The summed E-state index contributed by atoms with van der Waals surface area (Å²) in [5.41, 5.74) is 2.66. The summed E-state index contributed by atoms with van der Waals surface area (Å²) in [6.07, 6.45) is 0. The van der Waals surface area contributed by atoms with Gasteiger partial charge in [-0.05, 0) is 43.7 Å². The minimum atomic E-state index is -0.819. The first-order valence-electron chi connectivity index (χ1n) is 10.4. The smallest absolute Gasteiger partial charge is 0.282 e. The first kappa shape index (κ1) is 21.2. The van der Waals surface area contributed by atoms with E-state index in [1.807, 2.05) is 36.9 Å². The van der Waals surface area contributed by atoms with E-state index >= 15 is 0 Å². The first-order valence-corrected chi connectivity index (χ1v) is 10.4. The SMILES string of the molecule is CCN1CCN(C2=C(c3ccc(C)cc3C)C(=O)N(c3cc(F)ccc3F)C2=O)CC1. The minimum absolute atomic E-state index is 0.246. The minimum Gasteiger partial charge on any atom is -0.364 e. The lowest BCUT2D eigenvalue weighted by molar-refractivity contribution is -0.120. The van der Waals surface area contributed by atoms with Crippen molar-refractivity contribution in [2.75, 3.05) is 37.6 Å². The van der Waals surface area contributed by atoms with Crippen molar-refractivity contribution in [1.29, 1.82) is 0 Å². The van der Waals surface area contributed by atoms with Gasteiger partial charge in [0.05, 0.1) is 11.3 Å². The lowest BCUT2D eigenvalue weighted by Crippen LogP contribution is -2.47. The van der Waals surface area contributed by atoms with Crippen molar-refractivity contribution in [2.45, 2.75) is 20.8 Å². The molecular formula is C24H25F2N3O2. The Morgan fingerprint density at radius 3 is 2.26 bits per heavy atom. The third-order valence-corrected chi connectivity index (χ3v) is 6.00. The molecule has 5 nitrogen and oxygen atoms in total. The zero-order valence-electron chi connectivity index (χ0n) is 17.9. The quantitative estimate of drug-likeness (QED) is 0.704. The van der Waals surface area contributed by atoms with Gasteiger partial charge in [-0.2, -0.15) is 0 Å². The van der Waals surface area contributed by atoms with Crippen LogP contribution in [0.4, 0.5) is 14.5 Å². The van der Waals surface area contributed by atoms with Gasteiger partial charge in [-0.3, -0.25) is 9.59 Å². The highest BCUT2D eigenvalue weighted by Crippen LogP contribution is 2.37. The summed E-state index contributed by atoms with van der Waals surface area (Å²) in [4.78, 5) is 31.9. The van der Waals surface area contributed by atoms with Gasteiger partial charge in [0.15, 0.2) is 0 Å². The third kappa shape index (κ3) is 3.74. The second kappa shape index (κ2) is 8.23. The van der Waals surface area contributed by atoms with Gasteiger partial charge in [0.25, 0.3) is 11.8 Å². The summed E-state index contributed by atoms with van der Waals surface area (Å²) in [5.74, 6) is -2.78. The van der Waals surface area contributed by atoms with Crippen LogP contribution in [0.15, 0.2) is 42.1 Å². The molecule has 1 saturated heterocycles. The number of likely N-dealkylation sites (N-methyl/N-ethyl adjacent to an activating group) is 1. The van der Waals surface area contributed by atoms with E-state index in [0.717, 1.165) is 53.9 Å². The fraction of sp³-hybridized carbons (Fsp3) is 0.333. The molecular weight excluding hydrogens is 400 g/mol. The van der Waals surface area contributed by atoms with E-state index in [1.165, 1.54) is 0 Å². The van der Waals surface area contributed by atoms with Gasteiger partial charge in [0, 0.05) is 32.2 Å². The van der Waals surface area contributed by atoms with Crippen molar-refractivity contribution in [3.63, 3.8) is 0 Å². The Bertz CT molecular complexity index is 1090. The van der Waals surface area contributed by atoms with Gasteiger partial charge in [0.2, 0.25) is 0 Å². The van der Waals surface area contributed by atoms with Gasteiger partial charge in [-0.15, -0.1) is 0 Å². The number of hydrogen-bond acceptors (Lipinski definition) is 4. The van der Waals surface area contributed by atoms with Crippen molar-refractivity contribution in [3.8, 4) is 0 Å². The highest BCUT2D eigenvalue weighted by atomic mass is 19.1. The molecule has 4 rings (SSSR count). The molecule has 2 aliphatic heterocycles. The molecule has 2 heterocycles. The maximum absolute atomic E-state index is 14.5. The van der Waals surface area contributed by atoms with Gasteiger partial charge >= 0.3 is 0 Å². The van der Waals surface area contributed by atoms with E-state index in [0.29, 0.717) is 18.7 Å². The lowest BCUT2D eigenvalue weighted by atomic mass is 9.97. The van der Waals surface area contributed by atoms with E-state index in [4.69, 9.17) is 0 Å². The number of anilines is 1. The largest absolute Gasteiger partial charge is 0.364 e. The van der Waals surface area contributed by atoms with Crippen LogP contribution in [-0.4, -0.2) is 54.3 Å². The fourth-order valence-electron chi connectivity index (χ4n) is 4.31. The number of aryl methyl sites for hydroxylation is 2. The third-order valence-electron chi connectivity index (χ3n) is 6.00. The number of nitrogens with zero attached hydrogens (tertiary/aromatic N) is 3. The van der Waals surface area contributed by atoms with Gasteiger partial charge in [-0.1, -0.05) is 30.7 Å². The van der Waals surface area contributed by atoms with Crippen molar-refractivity contribution in [3.05, 3.63) is 70.4 Å². The molecule has 31 heavy (non-hydrogen) atoms. The molecule has 2 amide bonds. The normalized spacial score (nSPS) is 17.8. The van der Waals surface area contributed by atoms with E-state index in [1.54, 1.807) is 0 Å². The van der Waals surface area contributed by atoms with Crippen molar-refractivity contribution in [1.82, 2.24) is 9.80 Å². The second-order valence-corrected chi connectivity index (χ2v) is 8.00. The van der Waals surface area contributed by atoms with Crippen molar-refractivity contribution < 1.29 is 18.4 Å². The number of benzene rings is 2. The molecule has 0 radical (unpaired) electrons. The summed E-state index contributed by atoms with van der Waals surface area (Å²) < 4.78 is 28.4. The molecule has 0 atom stereocenters. The first-order chi connectivity index (χ1) is 14.8. The highest BCUT2D eigenvalue weighted by Gasteiger charge is 2.44. The molecule has 2 aromatic rings. The molecule has 7 heteroatoms. The Labute approximate surface area is 180 Å². The van der Waals surface area contributed by atoms with Crippen LogP contribution < -0.4 is 4.90 Å². The predicted molar refractivity (Wildman–Crippen MR) is 115 cm³/mol. The maximum Gasteiger partial charge on any atom is 0.282 e. The molecule has 0 aromatic heterocycles. The molecule has 0 spiro atoms. The van der Waals surface area contributed by atoms with E-state index < -0.39 is 23.4 Å². The lowest BCUT2D eigenvalue weighted by Gasteiger charge is -2.36. The average molecular weight is 425 g/mol. The Morgan fingerprint density at radius 1 is 0.903 bits per heavy atom. The number of imide groups is 1. The van der Waals surface area contributed by atoms with Crippen LogP contribution in [0.1, 0.15) is 23.6 Å². The Kier molecular flexibility index (Phi) is 5.62. The Hall–Kier alpha value is -3.06. The molecule has 162 valence electrons. The number of hydrogen-bond donors (Lipinski definition) is 0. The molecule has 0 aliphatic carbocycles. The van der Waals surface area contributed by atoms with Crippen LogP contribution >= 0.6 is 0 Å². The Morgan fingerprint density at radius 2 is 1.61 bits per heavy atom. The zero-order valence-corrected chi connectivity index (χ0v) is 17.9. The van der Waals surface area contributed by atoms with E-state index in [2.05, 4.69) is 11.8 Å². The second-order valence-electron chi connectivity index (χ2n) is 8.00. The number of carbonyl (C=O) groups is 2. The van der Waals surface area contributed by atoms with Gasteiger partial charge in [-0.25, -0.2) is 13.7 Å². The van der Waals surface area contributed by atoms with Crippen LogP contribution in [0.5, 0.6) is 0 Å². The average Bonchev–Trinajstić information content (AvgIpc) is 3.00. The summed E-state index contributed by atoms with van der Waals surface area (Å²) in [6, 6.07) is 8.43. The van der Waals surface area contributed by atoms with Gasteiger partial charge < -0.3 is 9.80 Å². The van der Waals surface area contributed by atoms with Crippen LogP contribution in [0.25, 0.3) is 5.57 Å². The number of rotatable bonds is 4. The van der Waals surface area contributed by atoms with Crippen LogP contribution in [0, 0.1) is 25.5 Å². The molecule has 0 N–H and O–H groups in total. The topological polar surface area (TPSA) is 43.9 Å². The molecule has 0 bridgehead atoms. The predicted octanol–water partition coefficient (Wildman–Crippen LogP) is 3.50. The van der Waals surface area contributed by atoms with Crippen molar-refractivity contribution in [2.24, 2.45) is 0 Å². The molecule has 0 saturated carbocycles. The van der Waals surface area contributed by atoms with E-state index in [9.17, 15) is 18.4 Å². The summed E-state index contributed by atoms with van der Waals surface area (Å²) in [6.45, 7) is 9.49. The van der Waals surface area contributed by atoms with Crippen molar-refractivity contribution >= 4 is 23.1 Å². The number of piperazine rings is 1. The van der Waals surface area contributed by atoms with Crippen LogP contribution in [0.3, 0.4) is 0 Å². The standard InChI is InChI=1S/C24H25F2N3O2/c1-4-27-9-11-28(12-10-27)22-21(18-7-5-15(2)13-16(18)3)23(30)29(24(22)31)20-14-17(25)6-8-19(20)26/h5-8,13-14H,4,9-12H2,1-3H3. The highest BCUT2D eigenvalue weighted by molar-refractivity contribution is 6.45. The molecule has 1 fully saturated rings. The van der Waals surface area contributed by atoms with Gasteiger partial charge in [0.1, 0.15) is 17.3 Å². The Balaban J connectivity index is 1.84. The number of amides is 2.